The first-order chi connectivity index (χ1) is 15.0. The Bertz CT molecular complexity index is 1200. The van der Waals surface area contributed by atoms with Gasteiger partial charge in [0.2, 0.25) is 10.0 Å². The van der Waals surface area contributed by atoms with Crippen LogP contribution in [0.15, 0.2) is 77.7 Å². The van der Waals surface area contributed by atoms with Gasteiger partial charge in [-0.3, -0.25) is 4.79 Å². The highest BCUT2D eigenvalue weighted by Crippen LogP contribution is 2.28. The van der Waals surface area contributed by atoms with Crippen LogP contribution < -0.4 is 15.8 Å². The monoisotopic (exact) mass is 451 g/mol. The molecule has 1 amide bonds. The normalized spacial score (nSPS) is 11.8. The van der Waals surface area contributed by atoms with E-state index in [9.17, 15) is 13.2 Å². The van der Waals surface area contributed by atoms with Crippen molar-refractivity contribution in [3.8, 4) is 0 Å². The number of rotatable bonds is 7. The zero-order chi connectivity index (χ0) is 23.4. The molecule has 0 spiro atoms. The smallest absolute Gasteiger partial charge is 0.257 e. The molecule has 0 atom stereocenters. The zero-order valence-corrected chi connectivity index (χ0v) is 19.4. The molecule has 0 aliphatic rings. The van der Waals surface area contributed by atoms with Crippen molar-refractivity contribution in [2.24, 2.45) is 10.6 Å². The fraction of sp³-hybridized carbons (Fsp3) is 0.240. The third kappa shape index (κ3) is 6.42. The second kappa shape index (κ2) is 9.54. The lowest BCUT2D eigenvalue weighted by Gasteiger charge is -2.19. The van der Waals surface area contributed by atoms with Crippen molar-refractivity contribution in [3.05, 3.63) is 83.9 Å². The van der Waals surface area contributed by atoms with Gasteiger partial charge in [0, 0.05) is 5.69 Å². The van der Waals surface area contributed by atoms with Crippen LogP contribution in [-0.2, 0) is 16.4 Å². The number of amides is 1. The molecule has 3 rings (SSSR count). The van der Waals surface area contributed by atoms with E-state index in [1.165, 1.54) is 12.1 Å². The van der Waals surface area contributed by atoms with Crippen molar-refractivity contribution in [2.75, 3.05) is 10.6 Å². The molecule has 0 radical (unpaired) electrons. The summed E-state index contributed by atoms with van der Waals surface area (Å²) in [4.78, 5) is 13.0. The summed E-state index contributed by atoms with van der Waals surface area (Å²) in [5.41, 5.74) is 3.34. The topological polar surface area (TPSA) is 101 Å². The quantitative estimate of drug-likeness (QED) is 0.453. The first-order valence-corrected chi connectivity index (χ1v) is 12.0. The van der Waals surface area contributed by atoms with E-state index in [2.05, 4.69) is 31.4 Å². The summed E-state index contributed by atoms with van der Waals surface area (Å²) in [6.45, 7) is 6.59. The van der Waals surface area contributed by atoms with Crippen LogP contribution in [0.4, 0.5) is 17.1 Å². The first kappa shape index (κ1) is 23.5. The summed E-state index contributed by atoms with van der Waals surface area (Å²) < 4.78 is 23.8. The van der Waals surface area contributed by atoms with E-state index in [1.807, 2.05) is 42.5 Å². The highest BCUT2D eigenvalue weighted by molar-refractivity contribution is 7.89. The SMILES string of the molecule is CC(C)(C)CCc1ccc(C(=O)Nc2ccccc2S(N)(=O)=O)c(Nc2ccccc2)c1. The predicted octanol–water partition coefficient (Wildman–Crippen LogP) is 5.31. The standard InChI is InChI=1S/C25H29N3O3S/c1-25(2,3)16-15-18-13-14-20(22(17-18)27-19-9-5-4-6-10-19)24(29)28-21-11-7-8-12-23(21)32(26,30)31/h4-14,17,27H,15-16H2,1-3H3,(H,28,29)(H2,26,30,31). The van der Waals surface area contributed by atoms with Gasteiger partial charge >= 0.3 is 0 Å². The predicted molar refractivity (Wildman–Crippen MR) is 130 cm³/mol. The first-order valence-electron chi connectivity index (χ1n) is 10.4. The maximum absolute atomic E-state index is 13.1. The van der Waals surface area contributed by atoms with Crippen molar-refractivity contribution in [2.45, 2.75) is 38.5 Å². The number of para-hydroxylation sites is 2. The van der Waals surface area contributed by atoms with Gasteiger partial charge in [0.05, 0.1) is 16.9 Å². The average molecular weight is 452 g/mol. The molecule has 32 heavy (non-hydrogen) atoms. The van der Waals surface area contributed by atoms with Crippen molar-refractivity contribution in [1.82, 2.24) is 0 Å². The number of nitrogens with two attached hydrogens (primary N) is 1. The van der Waals surface area contributed by atoms with E-state index in [0.29, 0.717) is 11.3 Å². The Morgan fingerprint density at radius 1 is 0.906 bits per heavy atom. The lowest BCUT2D eigenvalue weighted by molar-refractivity contribution is 0.102. The van der Waals surface area contributed by atoms with Gasteiger partial charge in [-0.05, 0) is 60.2 Å². The summed E-state index contributed by atoms with van der Waals surface area (Å²) in [5.74, 6) is -0.429. The van der Waals surface area contributed by atoms with E-state index in [-0.39, 0.29) is 16.0 Å². The Balaban J connectivity index is 1.95. The van der Waals surface area contributed by atoms with Crippen LogP contribution in [-0.4, -0.2) is 14.3 Å². The van der Waals surface area contributed by atoms with Crippen molar-refractivity contribution in [1.29, 1.82) is 0 Å². The number of sulfonamides is 1. The minimum atomic E-state index is -3.98. The van der Waals surface area contributed by atoms with Gasteiger partial charge in [0.25, 0.3) is 5.91 Å². The lowest BCUT2D eigenvalue weighted by atomic mass is 9.88. The minimum absolute atomic E-state index is 0.132. The summed E-state index contributed by atoms with van der Waals surface area (Å²) in [7, 11) is -3.98. The number of benzene rings is 3. The molecule has 0 saturated heterocycles. The average Bonchev–Trinajstić information content (AvgIpc) is 2.72. The van der Waals surface area contributed by atoms with Gasteiger partial charge in [-0.15, -0.1) is 0 Å². The van der Waals surface area contributed by atoms with Crippen LogP contribution >= 0.6 is 0 Å². The van der Waals surface area contributed by atoms with E-state index < -0.39 is 15.9 Å². The molecule has 3 aromatic rings. The van der Waals surface area contributed by atoms with Crippen LogP contribution in [0.25, 0.3) is 0 Å². The van der Waals surface area contributed by atoms with Gasteiger partial charge in [0.15, 0.2) is 0 Å². The molecule has 0 saturated carbocycles. The van der Waals surface area contributed by atoms with E-state index in [0.717, 1.165) is 24.1 Å². The van der Waals surface area contributed by atoms with Crippen LogP contribution in [0.2, 0.25) is 0 Å². The molecule has 3 aromatic carbocycles. The highest BCUT2D eigenvalue weighted by Gasteiger charge is 2.19. The Labute approximate surface area is 189 Å². The maximum atomic E-state index is 13.1. The van der Waals surface area contributed by atoms with E-state index in [1.54, 1.807) is 18.2 Å². The third-order valence-corrected chi connectivity index (χ3v) is 5.96. The Morgan fingerprint density at radius 3 is 2.22 bits per heavy atom. The fourth-order valence-electron chi connectivity index (χ4n) is 3.25. The number of carbonyl (C=O) groups excluding carboxylic acids is 1. The number of carbonyl (C=O) groups is 1. The molecule has 0 aliphatic heterocycles. The largest absolute Gasteiger partial charge is 0.355 e. The number of primary sulfonamides is 1. The minimum Gasteiger partial charge on any atom is -0.355 e. The Hall–Kier alpha value is -3.16. The summed E-state index contributed by atoms with van der Waals surface area (Å²) >= 11 is 0. The molecule has 168 valence electrons. The van der Waals surface area contributed by atoms with Gasteiger partial charge in [-0.2, -0.15) is 0 Å². The van der Waals surface area contributed by atoms with Crippen LogP contribution in [0, 0.1) is 5.41 Å². The second-order valence-corrected chi connectivity index (χ2v) is 10.5. The third-order valence-electron chi connectivity index (χ3n) is 4.99. The van der Waals surface area contributed by atoms with Gasteiger partial charge in [0.1, 0.15) is 4.90 Å². The lowest BCUT2D eigenvalue weighted by Crippen LogP contribution is -2.19. The molecular formula is C25H29N3O3S. The zero-order valence-electron chi connectivity index (χ0n) is 18.6. The summed E-state index contributed by atoms with van der Waals surface area (Å²) in [6, 6.07) is 21.3. The summed E-state index contributed by atoms with van der Waals surface area (Å²) in [6.07, 6.45) is 1.88. The second-order valence-electron chi connectivity index (χ2n) is 8.93. The van der Waals surface area contributed by atoms with Gasteiger partial charge < -0.3 is 10.6 Å². The van der Waals surface area contributed by atoms with Crippen LogP contribution in [0.1, 0.15) is 43.1 Å². The molecule has 0 aromatic heterocycles. The summed E-state index contributed by atoms with van der Waals surface area (Å²) in [5, 5.41) is 11.3. The molecule has 0 aliphatic carbocycles. The molecule has 4 N–H and O–H groups in total. The molecule has 6 nitrogen and oxygen atoms in total. The molecule has 7 heteroatoms. The number of anilines is 3. The van der Waals surface area contributed by atoms with Gasteiger partial charge in [-0.1, -0.05) is 57.2 Å². The fourth-order valence-corrected chi connectivity index (χ4v) is 3.95. The number of hydrogen-bond acceptors (Lipinski definition) is 4. The number of nitrogens with one attached hydrogen (secondary N) is 2. The van der Waals surface area contributed by atoms with E-state index in [4.69, 9.17) is 5.14 Å². The van der Waals surface area contributed by atoms with Crippen molar-refractivity contribution >= 4 is 33.0 Å². The molecular weight excluding hydrogens is 422 g/mol. The van der Waals surface area contributed by atoms with E-state index >= 15 is 0 Å². The Kier molecular flexibility index (Phi) is 7.01. The number of hydrogen-bond donors (Lipinski definition) is 3. The van der Waals surface area contributed by atoms with Crippen molar-refractivity contribution in [3.63, 3.8) is 0 Å². The maximum Gasteiger partial charge on any atom is 0.257 e. The highest BCUT2D eigenvalue weighted by atomic mass is 32.2. The molecule has 0 bridgehead atoms. The van der Waals surface area contributed by atoms with Gasteiger partial charge in [-0.25, -0.2) is 13.6 Å². The Morgan fingerprint density at radius 2 is 1.56 bits per heavy atom. The van der Waals surface area contributed by atoms with Crippen LogP contribution in [0.5, 0.6) is 0 Å². The van der Waals surface area contributed by atoms with Crippen molar-refractivity contribution < 1.29 is 13.2 Å². The number of aryl methyl sites for hydroxylation is 1. The molecule has 0 unspecified atom stereocenters. The van der Waals surface area contributed by atoms with Crippen LogP contribution in [0.3, 0.4) is 0 Å². The molecule has 0 heterocycles. The molecule has 0 fully saturated rings.